The minimum absolute atomic E-state index is 0.0521. The van der Waals surface area contributed by atoms with Crippen LogP contribution in [0.2, 0.25) is 0 Å². The van der Waals surface area contributed by atoms with E-state index in [1.807, 2.05) is 0 Å². The van der Waals surface area contributed by atoms with Crippen molar-refractivity contribution in [3.63, 3.8) is 0 Å². The number of hydrogen-bond acceptors (Lipinski definition) is 6. The Balaban J connectivity index is 1.99. The Morgan fingerprint density at radius 2 is 2.19 bits per heavy atom. The van der Waals surface area contributed by atoms with Crippen molar-refractivity contribution in [3.8, 4) is 0 Å². The number of nitrogens with zero attached hydrogens (tertiary/aromatic N) is 3. The Kier molecular flexibility index (Phi) is 5.23. The van der Waals surface area contributed by atoms with Crippen LogP contribution in [0.5, 0.6) is 0 Å². The fourth-order valence-corrected chi connectivity index (χ4v) is 2.25. The van der Waals surface area contributed by atoms with Crippen molar-refractivity contribution < 1.29 is 19.8 Å². The number of rotatable bonds is 6. The third kappa shape index (κ3) is 3.99. The standard InChI is InChI=1S/C12H19N5O4/c18-6-3-9(12(20)21)14-11(19)10-7-17(16-15-10)8-1-4-13-5-2-8/h7-9,13,18H,1-6H2,(H,14,19)(H,20,21). The van der Waals surface area contributed by atoms with E-state index < -0.39 is 17.9 Å². The highest BCUT2D eigenvalue weighted by Crippen LogP contribution is 2.17. The molecule has 1 unspecified atom stereocenters. The number of aromatic nitrogens is 3. The average molecular weight is 297 g/mol. The second kappa shape index (κ2) is 7.14. The van der Waals surface area contributed by atoms with Crippen molar-refractivity contribution >= 4 is 11.9 Å². The molecule has 0 aliphatic carbocycles. The summed E-state index contributed by atoms with van der Waals surface area (Å²) in [5.74, 6) is -1.79. The first-order chi connectivity index (χ1) is 10.1. The monoisotopic (exact) mass is 297 g/mol. The largest absolute Gasteiger partial charge is 0.480 e. The van der Waals surface area contributed by atoms with Crippen LogP contribution >= 0.6 is 0 Å². The molecule has 21 heavy (non-hydrogen) atoms. The van der Waals surface area contributed by atoms with Crippen LogP contribution in [-0.4, -0.2) is 62.8 Å². The van der Waals surface area contributed by atoms with Crippen molar-refractivity contribution in [3.05, 3.63) is 11.9 Å². The molecule has 1 amide bonds. The topological polar surface area (TPSA) is 129 Å². The number of aliphatic hydroxyl groups is 1. The lowest BCUT2D eigenvalue weighted by Gasteiger charge is -2.22. The summed E-state index contributed by atoms with van der Waals surface area (Å²) < 4.78 is 1.65. The highest BCUT2D eigenvalue weighted by molar-refractivity contribution is 5.94. The number of hydrogen-bond donors (Lipinski definition) is 4. The van der Waals surface area contributed by atoms with Crippen LogP contribution in [0.4, 0.5) is 0 Å². The predicted octanol–water partition coefficient (Wildman–Crippen LogP) is -1.23. The van der Waals surface area contributed by atoms with Crippen LogP contribution in [0.3, 0.4) is 0 Å². The van der Waals surface area contributed by atoms with Crippen LogP contribution in [0.1, 0.15) is 35.8 Å². The summed E-state index contributed by atoms with van der Waals surface area (Å²) in [6, 6.07) is -0.931. The van der Waals surface area contributed by atoms with E-state index in [0.29, 0.717) is 0 Å². The summed E-state index contributed by atoms with van der Waals surface area (Å²) in [4.78, 5) is 22.9. The van der Waals surface area contributed by atoms with Gasteiger partial charge in [-0.2, -0.15) is 0 Å². The number of aliphatic hydroxyl groups excluding tert-OH is 1. The van der Waals surface area contributed by atoms with E-state index in [2.05, 4.69) is 20.9 Å². The van der Waals surface area contributed by atoms with Gasteiger partial charge in [-0.1, -0.05) is 5.21 Å². The summed E-state index contributed by atoms with van der Waals surface area (Å²) in [7, 11) is 0. The second-order valence-corrected chi connectivity index (χ2v) is 4.94. The normalized spacial score (nSPS) is 17.4. The zero-order valence-corrected chi connectivity index (χ0v) is 11.5. The van der Waals surface area contributed by atoms with E-state index in [9.17, 15) is 9.59 Å². The van der Waals surface area contributed by atoms with E-state index in [4.69, 9.17) is 10.2 Å². The lowest BCUT2D eigenvalue weighted by Crippen LogP contribution is -2.41. The first-order valence-electron chi connectivity index (χ1n) is 6.89. The molecule has 1 aliphatic rings. The first-order valence-corrected chi connectivity index (χ1v) is 6.89. The molecule has 0 aromatic carbocycles. The molecule has 1 saturated heterocycles. The summed E-state index contributed by atoms with van der Waals surface area (Å²) in [6.07, 6.45) is 3.30. The Morgan fingerprint density at radius 1 is 1.48 bits per heavy atom. The summed E-state index contributed by atoms with van der Waals surface area (Å²) >= 11 is 0. The van der Waals surface area contributed by atoms with E-state index >= 15 is 0 Å². The quantitative estimate of drug-likeness (QED) is 0.517. The minimum atomic E-state index is -1.19. The molecular weight excluding hydrogens is 278 g/mol. The molecule has 0 spiro atoms. The maximum Gasteiger partial charge on any atom is 0.326 e. The smallest absolute Gasteiger partial charge is 0.326 e. The molecule has 0 bridgehead atoms. The second-order valence-electron chi connectivity index (χ2n) is 4.94. The van der Waals surface area contributed by atoms with Crippen LogP contribution in [-0.2, 0) is 4.79 Å². The van der Waals surface area contributed by atoms with Gasteiger partial charge in [-0.3, -0.25) is 4.79 Å². The molecule has 9 heteroatoms. The van der Waals surface area contributed by atoms with Gasteiger partial charge in [0.25, 0.3) is 5.91 Å². The van der Waals surface area contributed by atoms with Crippen LogP contribution < -0.4 is 10.6 Å². The van der Waals surface area contributed by atoms with Gasteiger partial charge in [0, 0.05) is 13.0 Å². The highest BCUT2D eigenvalue weighted by Gasteiger charge is 2.23. The molecule has 116 valence electrons. The van der Waals surface area contributed by atoms with E-state index in [0.717, 1.165) is 25.9 Å². The van der Waals surface area contributed by atoms with E-state index in [-0.39, 0.29) is 24.8 Å². The van der Waals surface area contributed by atoms with Gasteiger partial charge in [-0.25, -0.2) is 9.48 Å². The molecule has 1 atom stereocenters. The van der Waals surface area contributed by atoms with E-state index in [1.165, 1.54) is 6.20 Å². The molecule has 1 aromatic rings. The van der Waals surface area contributed by atoms with Gasteiger partial charge >= 0.3 is 5.97 Å². The average Bonchev–Trinajstić information content (AvgIpc) is 2.97. The van der Waals surface area contributed by atoms with Crippen molar-refractivity contribution in [2.45, 2.75) is 31.3 Å². The van der Waals surface area contributed by atoms with Crippen LogP contribution in [0, 0.1) is 0 Å². The summed E-state index contributed by atoms with van der Waals surface area (Å²) in [6.45, 7) is 1.46. The van der Waals surface area contributed by atoms with Crippen molar-refractivity contribution in [2.24, 2.45) is 0 Å². The van der Waals surface area contributed by atoms with Crippen molar-refractivity contribution in [1.82, 2.24) is 25.6 Å². The number of carbonyl (C=O) groups excluding carboxylic acids is 1. The Bertz CT molecular complexity index is 498. The highest BCUT2D eigenvalue weighted by atomic mass is 16.4. The predicted molar refractivity (Wildman–Crippen MR) is 71.8 cm³/mol. The Hall–Kier alpha value is -2.00. The van der Waals surface area contributed by atoms with Gasteiger partial charge in [0.05, 0.1) is 12.2 Å². The maximum atomic E-state index is 11.9. The zero-order chi connectivity index (χ0) is 15.2. The first kappa shape index (κ1) is 15.4. The molecule has 1 aliphatic heterocycles. The molecule has 2 rings (SSSR count). The van der Waals surface area contributed by atoms with Gasteiger partial charge in [0.15, 0.2) is 5.69 Å². The van der Waals surface area contributed by atoms with Crippen LogP contribution in [0.25, 0.3) is 0 Å². The number of aliphatic carboxylic acids is 1. The molecule has 2 heterocycles. The number of nitrogens with one attached hydrogen (secondary N) is 2. The summed E-state index contributed by atoms with van der Waals surface area (Å²) in [5, 5.41) is 31.0. The van der Waals surface area contributed by atoms with Gasteiger partial charge in [0.2, 0.25) is 0 Å². The molecule has 1 aromatic heterocycles. The van der Waals surface area contributed by atoms with Gasteiger partial charge in [-0.05, 0) is 25.9 Å². The van der Waals surface area contributed by atoms with Crippen molar-refractivity contribution in [1.29, 1.82) is 0 Å². The summed E-state index contributed by atoms with van der Waals surface area (Å²) in [5.41, 5.74) is 0.0812. The number of carbonyl (C=O) groups is 2. The van der Waals surface area contributed by atoms with Crippen LogP contribution in [0.15, 0.2) is 6.20 Å². The molecule has 0 radical (unpaired) electrons. The number of piperidine rings is 1. The fraction of sp³-hybridized carbons (Fsp3) is 0.667. The zero-order valence-electron chi connectivity index (χ0n) is 11.5. The van der Waals surface area contributed by atoms with Gasteiger partial charge < -0.3 is 20.8 Å². The SMILES string of the molecule is O=C(NC(CCO)C(=O)O)c1cn(C2CCNCC2)nn1. The number of amides is 1. The van der Waals surface area contributed by atoms with Gasteiger partial charge in [0.1, 0.15) is 6.04 Å². The van der Waals surface area contributed by atoms with Gasteiger partial charge in [-0.15, -0.1) is 5.10 Å². The molecule has 0 saturated carbocycles. The lowest BCUT2D eigenvalue weighted by atomic mass is 10.1. The number of carboxylic acid groups (broad SMARTS) is 1. The number of carboxylic acids is 1. The van der Waals surface area contributed by atoms with E-state index in [1.54, 1.807) is 4.68 Å². The fourth-order valence-electron chi connectivity index (χ4n) is 2.25. The molecule has 9 nitrogen and oxygen atoms in total. The minimum Gasteiger partial charge on any atom is -0.480 e. The maximum absolute atomic E-state index is 11.9. The third-order valence-corrected chi connectivity index (χ3v) is 3.45. The molecule has 1 fully saturated rings. The molecule has 4 N–H and O–H groups in total. The molecular formula is C12H19N5O4. The Morgan fingerprint density at radius 3 is 2.81 bits per heavy atom. The Labute approximate surface area is 121 Å². The third-order valence-electron chi connectivity index (χ3n) is 3.45. The van der Waals surface area contributed by atoms with Crippen molar-refractivity contribution in [2.75, 3.05) is 19.7 Å². The lowest BCUT2D eigenvalue weighted by molar-refractivity contribution is -0.139.